The normalized spacial score (nSPS) is 13.9. The molecule has 1 heterocycles. The first-order chi connectivity index (χ1) is 15.1. The molecular formula is C25H32IN5O. The maximum absolute atomic E-state index is 12.2. The number of rotatable bonds is 7. The molecule has 1 fully saturated rings. The molecule has 0 bridgehead atoms. The monoisotopic (exact) mass is 545 g/mol. The molecule has 0 saturated heterocycles. The molecule has 2 aromatic carbocycles. The molecule has 1 aromatic heterocycles. The number of aromatic nitrogens is 1. The molecule has 1 saturated carbocycles. The smallest absolute Gasteiger partial charge is 0.227 e. The molecule has 1 aliphatic carbocycles. The first-order valence-corrected chi connectivity index (χ1v) is 11.0. The summed E-state index contributed by atoms with van der Waals surface area (Å²) in [7, 11) is 1.78. The first kappa shape index (κ1) is 24.1. The van der Waals surface area contributed by atoms with E-state index in [-0.39, 0.29) is 35.8 Å². The van der Waals surface area contributed by atoms with Gasteiger partial charge in [0.05, 0.1) is 0 Å². The van der Waals surface area contributed by atoms with E-state index in [2.05, 4.69) is 57.2 Å². The van der Waals surface area contributed by atoms with Crippen LogP contribution >= 0.6 is 24.0 Å². The Morgan fingerprint density at radius 3 is 2.75 bits per heavy atom. The largest absolute Gasteiger partial charge is 0.361 e. The number of nitrogens with zero attached hydrogens (tertiary/aromatic N) is 1. The third kappa shape index (κ3) is 6.03. The van der Waals surface area contributed by atoms with Gasteiger partial charge in [0.2, 0.25) is 5.91 Å². The van der Waals surface area contributed by atoms with Gasteiger partial charge in [-0.05, 0) is 61.1 Å². The molecule has 3 aromatic rings. The van der Waals surface area contributed by atoms with E-state index >= 15 is 0 Å². The topological polar surface area (TPSA) is 81.3 Å². The Morgan fingerprint density at radius 1 is 1.16 bits per heavy atom. The maximum Gasteiger partial charge on any atom is 0.227 e. The zero-order valence-electron chi connectivity index (χ0n) is 18.7. The molecule has 0 spiro atoms. The van der Waals surface area contributed by atoms with Gasteiger partial charge < -0.3 is 20.9 Å². The van der Waals surface area contributed by atoms with Crippen molar-refractivity contribution in [3.8, 4) is 0 Å². The third-order valence-corrected chi connectivity index (χ3v) is 5.96. The van der Waals surface area contributed by atoms with Crippen molar-refractivity contribution in [2.75, 3.05) is 18.9 Å². The molecule has 0 aliphatic heterocycles. The van der Waals surface area contributed by atoms with Gasteiger partial charge in [0.15, 0.2) is 5.96 Å². The van der Waals surface area contributed by atoms with Gasteiger partial charge in [-0.25, -0.2) is 0 Å². The first-order valence-electron chi connectivity index (χ1n) is 11.0. The number of aliphatic imine (C=N–C) groups is 1. The van der Waals surface area contributed by atoms with E-state index in [9.17, 15) is 4.79 Å². The van der Waals surface area contributed by atoms with Gasteiger partial charge >= 0.3 is 0 Å². The number of benzene rings is 2. The minimum Gasteiger partial charge on any atom is -0.361 e. The summed E-state index contributed by atoms with van der Waals surface area (Å²) in [4.78, 5) is 19.9. The number of guanidine groups is 1. The second-order valence-corrected chi connectivity index (χ2v) is 8.28. The Kier molecular flexibility index (Phi) is 8.55. The fourth-order valence-electron chi connectivity index (χ4n) is 3.90. The highest BCUT2D eigenvalue weighted by molar-refractivity contribution is 14.0. The zero-order valence-corrected chi connectivity index (χ0v) is 21.0. The summed E-state index contributed by atoms with van der Waals surface area (Å²) < 4.78 is 0. The summed E-state index contributed by atoms with van der Waals surface area (Å²) in [5.74, 6) is 1.09. The van der Waals surface area contributed by atoms with E-state index in [4.69, 9.17) is 0 Å². The van der Waals surface area contributed by atoms with Crippen LogP contribution in [0.15, 0.2) is 53.7 Å². The van der Waals surface area contributed by atoms with Crippen LogP contribution in [-0.2, 0) is 17.8 Å². The predicted octanol–water partition coefficient (Wildman–Crippen LogP) is 4.74. The second-order valence-electron chi connectivity index (χ2n) is 8.28. The predicted molar refractivity (Wildman–Crippen MR) is 143 cm³/mol. The molecular weight excluding hydrogens is 513 g/mol. The summed E-state index contributed by atoms with van der Waals surface area (Å²) in [5, 5.41) is 11.1. The van der Waals surface area contributed by atoms with E-state index < -0.39 is 0 Å². The Bertz CT molecular complexity index is 1090. The van der Waals surface area contributed by atoms with Gasteiger partial charge in [-0.3, -0.25) is 9.79 Å². The van der Waals surface area contributed by atoms with Crippen molar-refractivity contribution in [1.29, 1.82) is 0 Å². The molecule has 4 rings (SSSR count). The van der Waals surface area contributed by atoms with Crippen LogP contribution in [-0.4, -0.2) is 30.4 Å². The number of amides is 1. The van der Waals surface area contributed by atoms with Crippen LogP contribution < -0.4 is 16.0 Å². The van der Waals surface area contributed by atoms with Crippen molar-refractivity contribution >= 4 is 52.4 Å². The number of carbonyl (C=O) groups is 1. The van der Waals surface area contributed by atoms with Crippen molar-refractivity contribution in [2.24, 2.45) is 10.9 Å². The Labute approximate surface area is 206 Å². The van der Waals surface area contributed by atoms with Crippen molar-refractivity contribution in [1.82, 2.24) is 15.6 Å². The fraction of sp³-hybridized carbons (Fsp3) is 0.360. The number of hydrogen-bond donors (Lipinski definition) is 4. The second kappa shape index (κ2) is 11.4. The average molecular weight is 545 g/mol. The van der Waals surface area contributed by atoms with Gasteiger partial charge in [0.25, 0.3) is 0 Å². The van der Waals surface area contributed by atoms with Gasteiger partial charge in [-0.15, -0.1) is 24.0 Å². The van der Waals surface area contributed by atoms with Crippen LogP contribution in [0.5, 0.6) is 0 Å². The van der Waals surface area contributed by atoms with Gasteiger partial charge in [0.1, 0.15) is 0 Å². The minimum atomic E-state index is 0. The molecule has 6 nitrogen and oxygen atoms in total. The lowest BCUT2D eigenvalue weighted by molar-refractivity contribution is -0.122. The quantitative estimate of drug-likeness (QED) is 0.197. The van der Waals surface area contributed by atoms with Crippen LogP contribution in [0.3, 0.4) is 0 Å². The summed E-state index contributed by atoms with van der Waals surface area (Å²) in [6.45, 7) is 3.53. The standard InChI is InChI=1S/C25H31N5O.HI/c1-17-9-10-22-20(16-28-23(22)13-17)11-12-27-25(26-2)29-15-18-5-3-8-21(14-18)30-24(31)19-6-4-7-19;/h3,5,8-10,13-14,16,19,28H,4,6-7,11-12,15H2,1-2H3,(H,30,31)(H2,26,27,29);1H. The van der Waals surface area contributed by atoms with Gasteiger partial charge in [-0.2, -0.15) is 0 Å². The zero-order chi connectivity index (χ0) is 21.6. The Hall–Kier alpha value is -2.55. The highest BCUT2D eigenvalue weighted by Crippen LogP contribution is 2.27. The summed E-state index contributed by atoms with van der Waals surface area (Å²) in [6, 6.07) is 14.5. The molecule has 170 valence electrons. The number of halogens is 1. The number of hydrogen-bond acceptors (Lipinski definition) is 2. The molecule has 0 unspecified atom stereocenters. The van der Waals surface area contributed by atoms with E-state index in [0.717, 1.165) is 49.4 Å². The number of anilines is 1. The van der Waals surface area contributed by atoms with E-state index in [1.807, 2.05) is 24.3 Å². The van der Waals surface area contributed by atoms with Crippen LogP contribution in [0.25, 0.3) is 10.9 Å². The molecule has 4 N–H and O–H groups in total. The number of H-pyrrole nitrogens is 1. The minimum absolute atomic E-state index is 0. The lowest BCUT2D eigenvalue weighted by Gasteiger charge is -2.24. The van der Waals surface area contributed by atoms with E-state index in [1.165, 1.54) is 22.0 Å². The highest BCUT2D eigenvalue weighted by atomic mass is 127. The Balaban J connectivity index is 0.00000289. The lowest BCUT2D eigenvalue weighted by Crippen LogP contribution is -2.37. The van der Waals surface area contributed by atoms with E-state index in [1.54, 1.807) is 7.05 Å². The molecule has 7 heteroatoms. The summed E-state index contributed by atoms with van der Waals surface area (Å²) in [5.41, 5.74) is 5.69. The fourth-order valence-corrected chi connectivity index (χ4v) is 3.90. The van der Waals surface area contributed by atoms with E-state index in [0.29, 0.717) is 6.54 Å². The molecule has 32 heavy (non-hydrogen) atoms. The highest BCUT2D eigenvalue weighted by Gasteiger charge is 2.25. The molecule has 0 atom stereocenters. The average Bonchev–Trinajstić information content (AvgIpc) is 3.11. The molecule has 1 amide bonds. The summed E-state index contributed by atoms with van der Waals surface area (Å²) in [6.07, 6.45) is 6.17. The van der Waals surface area contributed by atoms with Crippen molar-refractivity contribution in [3.05, 3.63) is 65.4 Å². The van der Waals surface area contributed by atoms with Crippen molar-refractivity contribution < 1.29 is 4.79 Å². The number of nitrogens with one attached hydrogen (secondary N) is 4. The van der Waals surface area contributed by atoms with Gasteiger partial charge in [-0.1, -0.05) is 30.7 Å². The SMILES string of the molecule is CN=C(NCCc1c[nH]c2cc(C)ccc12)NCc1cccc(NC(=O)C2CCC2)c1.I. The molecule has 0 radical (unpaired) electrons. The third-order valence-electron chi connectivity index (χ3n) is 5.96. The van der Waals surface area contributed by atoms with Crippen molar-refractivity contribution in [2.45, 2.75) is 39.2 Å². The van der Waals surface area contributed by atoms with Crippen LogP contribution in [0, 0.1) is 12.8 Å². The number of fused-ring (bicyclic) bond motifs is 1. The number of aryl methyl sites for hydroxylation is 1. The summed E-state index contributed by atoms with van der Waals surface area (Å²) >= 11 is 0. The molecule has 1 aliphatic rings. The Morgan fingerprint density at radius 2 is 2.00 bits per heavy atom. The number of aromatic amines is 1. The number of carbonyl (C=O) groups excluding carboxylic acids is 1. The van der Waals surface area contributed by atoms with Crippen LogP contribution in [0.1, 0.15) is 36.0 Å². The van der Waals surface area contributed by atoms with Crippen LogP contribution in [0.4, 0.5) is 5.69 Å². The van der Waals surface area contributed by atoms with Gasteiger partial charge in [0, 0.05) is 48.8 Å². The van der Waals surface area contributed by atoms with Crippen LogP contribution in [0.2, 0.25) is 0 Å². The lowest BCUT2D eigenvalue weighted by atomic mass is 9.85. The van der Waals surface area contributed by atoms with Crippen molar-refractivity contribution in [3.63, 3.8) is 0 Å². The maximum atomic E-state index is 12.2.